The van der Waals surface area contributed by atoms with Crippen molar-refractivity contribution in [3.63, 3.8) is 0 Å². The first-order valence-electron chi connectivity index (χ1n) is 5.55. The standard InChI is InChI=1S/C10H21NO3S/c1-3-15(13,14)7-6-11-5-4-10(8-11)9(2)12/h9-10,12H,3-8H2,1-2H3. The summed E-state index contributed by atoms with van der Waals surface area (Å²) in [7, 11) is -2.85. The van der Waals surface area contributed by atoms with Crippen LogP contribution in [0.4, 0.5) is 0 Å². The fourth-order valence-electron chi connectivity index (χ4n) is 1.87. The monoisotopic (exact) mass is 235 g/mol. The van der Waals surface area contributed by atoms with Crippen LogP contribution in [-0.2, 0) is 9.84 Å². The Morgan fingerprint density at radius 3 is 2.67 bits per heavy atom. The second-order valence-corrected chi connectivity index (χ2v) is 6.80. The van der Waals surface area contributed by atoms with Crippen LogP contribution < -0.4 is 0 Å². The van der Waals surface area contributed by atoms with Gasteiger partial charge in [-0.05, 0) is 25.8 Å². The van der Waals surface area contributed by atoms with Crippen molar-refractivity contribution in [1.82, 2.24) is 4.90 Å². The third-order valence-electron chi connectivity index (χ3n) is 3.15. The van der Waals surface area contributed by atoms with Gasteiger partial charge in [-0.1, -0.05) is 6.92 Å². The lowest BCUT2D eigenvalue weighted by Gasteiger charge is -2.16. The molecule has 0 aromatic carbocycles. The van der Waals surface area contributed by atoms with Crippen LogP contribution in [0.15, 0.2) is 0 Å². The lowest BCUT2D eigenvalue weighted by atomic mass is 10.0. The van der Waals surface area contributed by atoms with Crippen molar-refractivity contribution in [3.05, 3.63) is 0 Å². The normalized spacial score (nSPS) is 25.7. The molecule has 0 radical (unpaired) electrons. The molecular weight excluding hydrogens is 214 g/mol. The van der Waals surface area contributed by atoms with Crippen molar-refractivity contribution in [3.8, 4) is 0 Å². The Hall–Kier alpha value is -0.130. The van der Waals surface area contributed by atoms with E-state index in [0.29, 0.717) is 12.5 Å². The molecule has 0 amide bonds. The first-order valence-corrected chi connectivity index (χ1v) is 7.37. The highest BCUT2D eigenvalue weighted by Crippen LogP contribution is 2.19. The van der Waals surface area contributed by atoms with E-state index in [1.807, 2.05) is 0 Å². The summed E-state index contributed by atoms with van der Waals surface area (Å²) in [5, 5.41) is 9.40. The van der Waals surface area contributed by atoms with Crippen LogP contribution in [-0.4, -0.2) is 55.7 Å². The Kier molecular flexibility index (Phi) is 4.55. The van der Waals surface area contributed by atoms with Gasteiger partial charge in [-0.25, -0.2) is 8.42 Å². The lowest BCUT2D eigenvalue weighted by Crippen LogP contribution is -2.29. The molecule has 0 aliphatic carbocycles. The van der Waals surface area contributed by atoms with E-state index in [1.54, 1.807) is 13.8 Å². The Balaban J connectivity index is 2.31. The van der Waals surface area contributed by atoms with Crippen molar-refractivity contribution in [2.45, 2.75) is 26.4 Å². The molecular formula is C10H21NO3S. The quantitative estimate of drug-likeness (QED) is 0.735. The molecule has 2 unspecified atom stereocenters. The molecule has 1 aliphatic heterocycles. The van der Waals surface area contributed by atoms with Gasteiger partial charge in [0.05, 0.1) is 11.9 Å². The summed E-state index contributed by atoms with van der Waals surface area (Å²) >= 11 is 0. The van der Waals surface area contributed by atoms with E-state index >= 15 is 0 Å². The molecule has 2 atom stereocenters. The molecule has 1 saturated heterocycles. The first kappa shape index (κ1) is 12.9. The molecule has 90 valence electrons. The summed E-state index contributed by atoms with van der Waals surface area (Å²) in [5.41, 5.74) is 0. The number of hydrogen-bond acceptors (Lipinski definition) is 4. The average Bonchev–Trinajstić information content (AvgIpc) is 2.63. The minimum Gasteiger partial charge on any atom is -0.393 e. The zero-order chi connectivity index (χ0) is 11.5. The van der Waals surface area contributed by atoms with Crippen LogP contribution in [0.3, 0.4) is 0 Å². The minimum absolute atomic E-state index is 0.223. The zero-order valence-electron chi connectivity index (χ0n) is 9.52. The smallest absolute Gasteiger partial charge is 0.151 e. The first-order chi connectivity index (χ1) is 6.94. The fraction of sp³-hybridized carbons (Fsp3) is 1.00. The molecule has 1 heterocycles. The van der Waals surface area contributed by atoms with Crippen LogP contribution in [0.5, 0.6) is 0 Å². The number of rotatable bonds is 5. The third kappa shape index (κ3) is 4.09. The summed E-state index contributed by atoms with van der Waals surface area (Å²) < 4.78 is 22.6. The number of likely N-dealkylation sites (tertiary alicyclic amines) is 1. The Labute approximate surface area is 92.2 Å². The highest BCUT2D eigenvalue weighted by atomic mass is 32.2. The molecule has 5 heteroatoms. The van der Waals surface area contributed by atoms with E-state index in [4.69, 9.17) is 0 Å². The predicted octanol–water partition coefficient (Wildman–Crippen LogP) is 0.124. The molecule has 4 nitrogen and oxygen atoms in total. The molecule has 0 aromatic rings. The maximum absolute atomic E-state index is 11.3. The van der Waals surface area contributed by atoms with E-state index < -0.39 is 9.84 Å². The fourth-order valence-corrected chi connectivity index (χ4v) is 2.70. The number of aliphatic hydroxyl groups is 1. The molecule has 1 rings (SSSR count). The average molecular weight is 235 g/mol. The van der Waals surface area contributed by atoms with E-state index in [1.165, 1.54) is 0 Å². The van der Waals surface area contributed by atoms with Crippen molar-refractivity contribution < 1.29 is 13.5 Å². The molecule has 0 saturated carbocycles. The van der Waals surface area contributed by atoms with Gasteiger partial charge in [0.1, 0.15) is 0 Å². The van der Waals surface area contributed by atoms with Gasteiger partial charge in [-0.2, -0.15) is 0 Å². The lowest BCUT2D eigenvalue weighted by molar-refractivity contribution is 0.128. The maximum Gasteiger partial charge on any atom is 0.151 e. The second kappa shape index (κ2) is 5.27. The van der Waals surface area contributed by atoms with Gasteiger partial charge in [0, 0.05) is 18.8 Å². The van der Waals surface area contributed by atoms with E-state index in [9.17, 15) is 13.5 Å². The highest BCUT2D eigenvalue weighted by molar-refractivity contribution is 7.91. The van der Waals surface area contributed by atoms with Crippen molar-refractivity contribution >= 4 is 9.84 Å². The van der Waals surface area contributed by atoms with Gasteiger partial charge in [0.25, 0.3) is 0 Å². The third-order valence-corrected chi connectivity index (χ3v) is 4.83. The topological polar surface area (TPSA) is 57.6 Å². The van der Waals surface area contributed by atoms with Crippen molar-refractivity contribution in [2.75, 3.05) is 31.1 Å². The highest BCUT2D eigenvalue weighted by Gasteiger charge is 2.26. The van der Waals surface area contributed by atoms with E-state index in [0.717, 1.165) is 19.5 Å². The molecule has 0 bridgehead atoms. The number of nitrogens with zero attached hydrogens (tertiary/aromatic N) is 1. The molecule has 15 heavy (non-hydrogen) atoms. The van der Waals surface area contributed by atoms with Gasteiger partial charge >= 0.3 is 0 Å². The summed E-state index contributed by atoms with van der Waals surface area (Å²) in [6.07, 6.45) is 0.696. The molecule has 1 fully saturated rings. The van der Waals surface area contributed by atoms with Crippen molar-refractivity contribution in [2.24, 2.45) is 5.92 Å². The largest absolute Gasteiger partial charge is 0.393 e. The predicted molar refractivity (Wildman–Crippen MR) is 60.6 cm³/mol. The van der Waals surface area contributed by atoms with Gasteiger partial charge in [-0.3, -0.25) is 0 Å². The van der Waals surface area contributed by atoms with Crippen LogP contribution >= 0.6 is 0 Å². The number of aliphatic hydroxyl groups excluding tert-OH is 1. The number of hydrogen-bond donors (Lipinski definition) is 1. The Morgan fingerprint density at radius 1 is 1.53 bits per heavy atom. The number of sulfone groups is 1. The van der Waals surface area contributed by atoms with Gasteiger partial charge in [0.2, 0.25) is 0 Å². The Morgan fingerprint density at radius 2 is 2.20 bits per heavy atom. The van der Waals surface area contributed by atoms with Crippen LogP contribution in [0, 0.1) is 5.92 Å². The van der Waals surface area contributed by atoms with Gasteiger partial charge in [0.15, 0.2) is 9.84 Å². The maximum atomic E-state index is 11.3. The Bertz CT molecular complexity index is 287. The summed E-state index contributed by atoms with van der Waals surface area (Å²) in [4.78, 5) is 2.13. The zero-order valence-corrected chi connectivity index (χ0v) is 10.3. The van der Waals surface area contributed by atoms with E-state index in [2.05, 4.69) is 4.90 Å². The van der Waals surface area contributed by atoms with Crippen molar-refractivity contribution in [1.29, 1.82) is 0 Å². The van der Waals surface area contributed by atoms with Gasteiger partial charge in [-0.15, -0.1) is 0 Å². The van der Waals surface area contributed by atoms with Crippen LogP contribution in [0.25, 0.3) is 0 Å². The summed E-state index contributed by atoms with van der Waals surface area (Å²) in [6.45, 7) is 5.83. The van der Waals surface area contributed by atoms with Gasteiger partial charge < -0.3 is 10.0 Å². The minimum atomic E-state index is -2.85. The summed E-state index contributed by atoms with van der Waals surface area (Å²) in [6, 6.07) is 0. The second-order valence-electron chi connectivity index (χ2n) is 4.33. The molecule has 1 N–H and O–H groups in total. The molecule has 1 aliphatic rings. The van der Waals surface area contributed by atoms with Crippen LogP contribution in [0.1, 0.15) is 20.3 Å². The molecule has 0 spiro atoms. The summed E-state index contributed by atoms with van der Waals surface area (Å²) in [5.74, 6) is 0.783. The molecule has 0 aromatic heterocycles. The van der Waals surface area contributed by atoms with Crippen LogP contribution in [0.2, 0.25) is 0 Å². The van der Waals surface area contributed by atoms with E-state index in [-0.39, 0.29) is 17.6 Å². The SMILES string of the molecule is CCS(=O)(=O)CCN1CCC(C(C)O)C1.